The minimum Gasteiger partial charge on any atom is -0.396 e. The predicted octanol–water partition coefficient (Wildman–Crippen LogP) is 1.04. The topological polar surface area (TPSA) is 29.5 Å². The van der Waals surface area contributed by atoms with Crippen molar-refractivity contribution in [1.82, 2.24) is 0 Å². The van der Waals surface area contributed by atoms with E-state index >= 15 is 0 Å². The van der Waals surface area contributed by atoms with Gasteiger partial charge < -0.3 is 9.84 Å². The van der Waals surface area contributed by atoms with Gasteiger partial charge in [-0.15, -0.1) is 0 Å². The lowest BCUT2D eigenvalue weighted by Crippen LogP contribution is -2.13. The van der Waals surface area contributed by atoms with Crippen LogP contribution >= 0.6 is 0 Å². The van der Waals surface area contributed by atoms with E-state index in [1.165, 1.54) is 0 Å². The molecule has 3 atom stereocenters. The number of hydrogen-bond acceptors (Lipinski definition) is 2. The molecule has 2 nitrogen and oxygen atoms in total. The normalized spacial score (nSPS) is 33.9. The summed E-state index contributed by atoms with van der Waals surface area (Å²) in [6.45, 7) is 2.46. The third-order valence-corrected chi connectivity index (χ3v) is 2.39. The molecule has 1 saturated carbocycles. The minimum absolute atomic E-state index is 0.338. The van der Waals surface area contributed by atoms with Gasteiger partial charge in [-0.25, -0.2) is 0 Å². The third kappa shape index (κ3) is 1.50. The Morgan fingerprint density at radius 1 is 1.70 bits per heavy atom. The second-order valence-electron chi connectivity index (χ2n) is 3.02. The first-order valence-corrected chi connectivity index (χ1v) is 3.97. The lowest BCUT2D eigenvalue weighted by molar-refractivity contribution is 0.0728. The zero-order chi connectivity index (χ0) is 7.56. The summed E-state index contributed by atoms with van der Waals surface area (Å²) in [6, 6.07) is 0. The van der Waals surface area contributed by atoms with Gasteiger partial charge in [0.05, 0.1) is 6.10 Å². The van der Waals surface area contributed by atoms with Crippen LogP contribution in [-0.4, -0.2) is 24.9 Å². The van der Waals surface area contributed by atoms with E-state index in [4.69, 9.17) is 9.84 Å². The van der Waals surface area contributed by atoms with Crippen LogP contribution in [0.1, 0.15) is 19.8 Å². The van der Waals surface area contributed by atoms with Crippen LogP contribution in [-0.2, 0) is 4.74 Å². The Balaban J connectivity index is 2.22. The van der Waals surface area contributed by atoms with Gasteiger partial charge in [0.1, 0.15) is 0 Å². The molecule has 60 valence electrons. The molecule has 1 unspecified atom stereocenters. The molecule has 1 N–H and O–H groups in total. The highest BCUT2D eigenvalue weighted by molar-refractivity contribution is 4.90. The lowest BCUT2D eigenvalue weighted by Gasteiger charge is -2.11. The maximum Gasteiger partial charge on any atom is 0.0600 e. The fourth-order valence-corrected chi connectivity index (χ4v) is 1.58. The highest BCUT2D eigenvalue weighted by atomic mass is 16.5. The number of ether oxygens (including phenoxy) is 1. The fraction of sp³-hybridized carbons (Fsp3) is 1.00. The minimum atomic E-state index is 0.338. The lowest BCUT2D eigenvalue weighted by atomic mass is 10.1. The molecule has 0 saturated heterocycles. The van der Waals surface area contributed by atoms with Gasteiger partial charge in [0.25, 0.3) is 0 Å². The highest BCUT2D eigenvalue weighted by Crippen LogP contribution is 2.42. The second-order valence-corrected chi connectivity index (χ2v) is 3.02. The highest BCUT2D eigenvalue weighted by Gasteiger charge is 2.41. The van der Waals surface area contributed by atoms with E-state index in [0.29, 0.717) is 24.5 Å². The molecule has 10 heavy (non-hydrogen) atoms. The van der Waals surface area contributed by atoms with Crippen LogP contribution in [0.4, 0.5) is 0 Å². The zero-order valence-electron chi connectivity index (χ0n) is 6.71. The molecular weight excluding hydrogens is 128 g/mol. The van der Waals surface area contributed by atoms with Crippen LogP contribution in [0.3, 0.4) is 0 Å². The number of methoxy groups -OCH3 is 1. The molecule has 0 spiro atoms. The van der Waals surface area contributed by atoms with Gasteiger partial charge in [-0.1, -0.05) is 6.92 Å². The molecule has 0 radical (unpaired) electrons. The van der Waals surface area contributed by atoms with Crippen LogP contribution < -0.4 is 0 Å². The number of aliphatic hydroxyl groups excluding tert-OH is 1. The van der Waals surface area contributed by atoms with Crippen molar-refractivity contribution >= 4 is 0 Å². The van der Waals surface area contributed by atoms with Crippen molar-refractivity contribution in [2.45, 2.75) is 25.9 Å². The van der Waals surface area contributed by atoms with E-state index < -0.39 is 0 Å². The maximum absolute atomic E-state index is 8.76. The summed E-state index contributed by atoms with van der Waals surface area (Å²) in [4.78, 5) is 0. The van der Waals surface area contributed by atoms with Crippen molar-refractivity contribution in [3.63, 3.8) is 0 Å². The Morgan fingerprint density at radius 3 is 2.70 bits per heavy atom. The van der Waals surface area contributed by atoms with Crippen molar-refractivity contribution < 1.29 is 9.84 Å². The molecule has 1 aliphatic rings. The Bertz CT molecular complexity index is 99.4. The SMILES string of the molecule is CCC(OC)[C@@H]1C[C@H]1CO. The number of aliphatic hydroxyl groups is 1. The molecular formula is C8H16O2. The number of rotatable bonds is 4. The van der Waals surface area contributed by atoms with Crippen molar-refractivity contribution in [2.24, 2.45) is 11.8 Å². The molecule has 0 amide bonds. The molecule has 0 aromatic rings. The van der Waals surface area contributed by atoms with Crippen molar-refractivity contribution in [1.29, 1.82) is 0 Å². The summed E-state index contributed by atoms with van der Waals surface area (Å²) in [5.41, 5.74) is 0. The summed E-state index contributed by atoms with van der Waals surface area (Å²) >= 11 is 0. The van der Waals surface area contributed by atoms with E-state index in [1.54, 1.807) is 7.11 Å². The van der Waals surface area contributed by atoms with Gasteiger partial charge >= 0.3 is 0 Å². The average molecular weight is 144 g/mol. The van der Waals surface area contributed by atoms with Gasteiger partial charge in [0, 0.05) is 13.7 Å². The molecule has 1 aliphatic carbocycles. The first-order chi connectivity index (χ1) is 4.83. The standard InChI is InChI=1S/C8H16O2/c1-3-8(10-2)7-4-6(7)5-9/h6-9H,3-5H2,1-2H3/t6-,7+,8?/m0/s1. The van der Waals surface area contributed by atoms with E-state index in [1.807, 2.05) is 0 Å². The smallest absolute Gasteiger partial charge is 0.0600 e. The summed E-state index contributed by atoms with van der Waals surface area (Å²) in [6.07, 6.45) is 2.61. The van der Waals surface area contributed by atoms with E-state index in [2.05, 4.69) is 6.92 Å². The van der Waals surface area contributed by atoms with Crippen LogP contribution in [0.25, 0.3) is 0 Å². The van der Waals surface area contributed by atoms with Crippen molar-refractivity contribution in [3.05, 3.63) is 0 Å². The summed E-state index contributed by atoms with van der Waals surface area (Å²) in [5, 5.41) is 8.76. The van der Waals surface area contributed by atoms with Crippen LogP contribution in [0.15, 0.2) is 0 Å². The van der Waals surface area contributed by atoms with Crippen LogP contribution in [0, 0.1) is 11.8 Å². The Kier molecular flexibility index (Phi) is 2.69. The zero-order valence-corrected chi connectivity index (χ0v) is 6.71. The Morgan fingerprint density at radius 2 is 2.40 bits per heavy atom. The molecule has 0 aromatic carbocycles. The summed E-state index contributed by atoms with van der Waals surface area (Å²) in [5.74, 6) is 1.17. The first-order valence-electron chi connectivity index (χ1n) is 3.97. The maximum atomic E-state index is 8.76. The Hall–Kier alpha value is -0.0800. The summed E-state index contributed by atoms with van der Waals surface area (Å²) < 4.78 is 5.24. The average Bonchev–Trinajstić information content (AvgIpc) is 2.70. The molecule has 0 aliphatic heterocycles. The molecule has 0 heterocycles. The van der Waals surface area contributed by atoms with E-state index in [-0.39, 0.29) is 0 Å². The predicted molar refractivity (Wildman–Crippen MR) is 39.8 cm³/mol. The van der Waals surface area contributed by atoms with Gasteiger partial charge in [-0.2, -0.15) is 0 Å². The van der Waals surface area contributed by atoms with Crippen LogP contribution in [0.5, 0.6) is 0 Å². The number of hydrogen-bond donors (Lipinski definition) is 1. The van der Waals surface area contributed by atoms with Gasteiger partial charge in [-0.05, 0) is 24.7 Å². The summed E-state index contributed by atoms with van der Waals surface area (Å²) in [7, 11) is 1.75. The molecule has 1 fully saturated rings. The largest absolute Gasteiger partial charge is 0.396 e. The van der Waals surface area contributed by atoms with E-state index in [0.717, 1.165) is 12.8 Å². The third-order valence-electron chi connectivity index (χ3n) is 2.39. The first kappa shape index (κ1) is 8.02. The molecule has 0 aromatic heterocycles. The van der Waals surface area contributed by atoms with Crippen molar-refractivity contribution in [3.8, 4) is 0 Å². The van der Waals surface area contributed by atoms with Gasteiger partial charge in [0.2, 0.25) is 0 Å². The van der Waals surface area contributed by atoms with Gasteiger partial charge in [0.15, 0.2) is 0 Å². The van der Waals surface area contributed by atoms with Gasteiger partial charge in [-0.3, -0.25) is 0 Å². The monoisotopic (exact) mass is 144 g/mol. The van der Waals surface area contributed by atoms with Crippen molar-refractivity contribution in [2.75, 3.05) is 13.7 Å². The van der Waals surface area contributed by atoms with E-state index in [9.17, 15) is 0 Å². The molecule has 1 rings (SSSR count). The molecule has 2 heteroatoms. The Labute approximate surface area is 62.2 Å². The quantitative estimate of drug-likeness (QED) is 0.638. The van der Waals surface area contributed by atoms with Crippen LogP contribution in [0.2, 0.25) is 0 Å². The fourth-order valence-electron chi connectivity index (χ4n) is 1.58. The second kappa shape index (κ2) is 3.35. The molecule has 0 bridgehead atoms.